The highest BCUT2D eigenvalue weighted by molar-refractivity contribution is 7.85. The molecular weight excluding hydrogens is 244 g/mol. The van der Waals surface area contributed by atoms with Crippen LogP contribution >= 0.6 is 0 Å². The average molecular weight is 259 g/mol. The van der Waals surface area contributed by atoms with Gasteiger partial charge in [-0.15, -0.1) is 0 Å². The summed E-state index contributed by atoms with van der Waals surface area (Å²) in [6, 6.07) is 2.14. The summed E-state index contributed by atoms with van der Waals surface area (Å²) >= 11 is 0. The summed E-state index contributed by atoms with van der Waals surface area (Å²) in [6.45, 7) is 6.75. The van der Waals surface area contributed by atoms with Crippen LogP contribution in [0, 0.1) is 18.6 Å². The molecule has 0 heterocycles. The van der Waals surface area contributed by atoms with Crippen LogP contribution in [0.15, 0.2) is 16.5 Å². The van der Waals surface area contributed by atoms with Crippen LogP contribution in [0.25, 0.3) is 0 Å². The van der Waals surface area contributed by atoms with Gasteiger partial charge in [-0.2, -0.15) is 4.40 Å². The maximum atomic E-state index is 13.4. The SMILES string of the molecule is Cc1cc(F)c(C=NS(=O)C(C)(C)C)cc1F. The molecule has 1 aromatic carbocycles. The third-order valence-electron chi connectivity index (χ3n) is 2.09. The average Bonchev–Trinajstić information content (AvgIpc) is 2.19. The molecule has 0 radical (unpaired) electrons. The van der Waals surface area contributed by atoms with Gasteiger partial charge >= 0.3 is 0 Å². The first-order valence-corrected chi connectivity index (χ1v) is 6.24. The first kappa shape index (κ1) is 14.0. The Morgan fingerprint density at radius 2 is 1.82 bits per heavy atom. The molecule has 2 nitrogen and oxygen atoms in total. The smallest absolute Gasteiger partial charge is 0.144 e. The van der Waals surface area contributed by atoms with Gasteiger partial charge in [0.2, 0.25) is 0 Å². The Morgan fingerprint density at radius 3 is 2.35 bits per heavy atom. The van der Waals surface area contributed by atoms with Crippen molar-refractivity contribution in [2.24, 2.45) is 4.40 Å². The second-order valence-electron chi connectivity index (χ2n) is 4.72. The third-order valence-corrected chi connectivity index (χ3v) is 3.43. The van der Waals surface area contributed by atoms with Gasteiger partial charge in [-0.25, -0.2) is 13.0 Å². The van der Waals surface area contributed by atoms with E-state index in [1.165, 1.54) is 6.92 Å². The highest BCUT2D eigenvalue weighted by Gasteiger charge is 2.18. The lowest BCUT2D eigenvalue weighted by atomic mass is 10.1. The van der Waals surface area contributed by atoms with Crippen molar-refractivity contribution in [2.45, 2.75) is 32.4 Å². The van der Waals surface area contributed by atoms with E-state index in [0.29, 0.717) is 0 Å². The van der Waals surface area contributed by atoms with Gasteiger partial charge in [0, 0.05) is 11.8 Å². The second-order valence-corrected chi connectivity index (χ2v) is 6.65. The predicted molar refractivity (Wildman–Crippen MR) is 66.6 cm³/mol. The first-order chi connectivity index (χ1) is 7.71. The molecule has 5 heteroatoms. The Kier molecular flexibility index (Phi) is 4.14. The van der Waals surface area contributed by atoms with E-state index in [1.807, 2.05) is 0 Å². The van der Waals surface area contributed by atoms with E-state index >= 15 is 0 Å². The molecule has 1 rings (SSSR count). The molecule has 94 valence electrons. The minimum absolute atomic E-state index is 0.00528. The zero-order valence-electron chi connectivity index (χ0n) is 10.3. The molecule has 1 aromatic rings. The van der Waals surface area contributed by atoms with Crippen molar-refractivity contribution in [2.75, 3.05) is 0 Å². The van der Waals surface area contributed by atoms with E-state index in [1.54, 1.807) is 20.8 Å². The summed E-state index contributed by atoms with van der Waals surface area (Å²) in [6.07, 6.45) is 1.11. The fourth-order valence-electron chi connectivity index (χ4n) is 1.02. The summed E-state index contributed by atoms with van der Waals surface area (Å²) in [4.78, 5) is 0. The van der Waals surface area contributed by atoms with Gasteiger partial charge in [-0.3, -0.25) is 0 Å². The molecule has 1 atom stereocenters. The van der Waals surface area contributed by atoms with Crippen LogP contribution < -0.4 is 0 Å². The number of rotatable bonds is 2. The molecule has 0 saturated carbocycles. The highest BCUT2D eigenvalue weighted by atomic mass is 32.2. The number of halogens is 2. The predicted octanol–water partition coefficient (Wildman–Crippen LogP) is 3.15. The molecule has 0 fully saturated rings. The molecule has 0 amide bonds. The van der Waals surface area contributed by atoms with Crippen molar-refractivity contribution in [3.8, 4) is 0 Å². The Morgan fingerprint density at radius 1 is 1.24 bits per heavy atom. The molecule has 0 aromatic heterocycles. The molecule has 0 saturated heterocycles. The Hall–Kier alpha value is -1.10. The summed E-state index contributed by atoms with van der Waals surface area (Å²) in [5.41, 5.74) is 0.238. The number of aryl methyl sites for hydroxylation is 1. The number of hydrogen-bond acceptors (Lipinski definition) is 1. The van der Waals surface area contributed by atoms with E-state index in [2.05, 4.69) is 4.40 Å². The van der Waals surface area contributed by atoms with E-state index in [0.717, 1.165) is 18.3 Å². The largest absolute Gasteiger partial charge is 0.234 e. The molecule has 0 N–H and O–H groups in total. The summed E-state index contributed by atoms with van der Waals surface area (Å²) in [5.74, 6) is -1.08. The van der Waals surface area contributed by atoms with E-state index in [-0.39, 0.29) is 11.1 Å². The maximum Gasteiger partial charge on any atom is 0.144 e. The maximum absolute atomic E-state index is 13.4. The number of nitrogens with zero attached hydrogens (tertiary/aromatic N) is 1. The van der Waals surface area contributed by atoms with Crippen molar-refractivity contribution in [1.82, 2.24) is 0 Å². The van der Waals surface area contributed by atoms with Crippen molar-refractivity contribution in [3.63, 3.8) is 0 Å². The summed E-state index contributed by atoms with van der Waals surface area (Å²) in [5, 5.41) is 0. The van der Waals surface area contributed by atoms with Crippen LogP contribution in [0.4, 0.5) is 8.78 Å². The third kappa shape index (κ3) is 3.70. The van der Waals surface area contributed by atoms with Crippen molar-refractivity contribution < 1.29 is 13.0 Å². The van der Waals surface area contributed by atoms with Gasteiger partial charge in [-0.05, 0) is 45.4 Å². The highest BCUT2D eigenvalue weighted by Crippen LogP contribution is 2.15. The first-order valence-electron chi connectivity index (χ1n) is 5.13. The fraction of sp³-hybridized carbons (Fsp3) is 0.417. The standard InChI is InChI=1S/C12H15F2NOS/c1-8-5-11(14)9(6-10(8)13)7-15-17(16)12(2,3)4/h5-7H,1-4H3. The van der Waals surface area contributed by atoms with Gasteiger partial charge in [0.05, 0.1) is 4.75 Å². The molecule has 0 aliphatic carbocycles. The molecular formula is C12H15F2NOS. The quantitative estimate of drug-likeness (QED) is 0.750. The van der Waals surface area contributed by atoms with E-state index < -0.39 is 27.4 Å². The zero-order chi connectivity index (χ0) is 13.2. The van der Waals surface area contributed by atoms with Crippen LogP contribution in [0.5, 0.6) is 0 Å². The monoisotopic (exact) mass is 259 g/mol. The van der Waals surface area contributed by atoms with E-state index in [9.17, 15) is 13.0 Å². The Labute approximate surface area is 102 Å². The van der Waals surface area contributed by atoms with Crippen LogP contribution in [0.1, 0.15) is 31.9 Å². The molecule has 0 spiro atoms. The topological polar surface area (TPSA) is 29.4 Å². The van der Waals surface area contributed by atoms with Gasteiger partial charge in [0.1, 0.15) is 22.6 Å². The van der Waals surface area contributed by atoms with E-state index in [4.69, 9.17) is 0 Å². The molecule has 0 aliphatic heterocycles. The minimum Gasteiger partial charge on any atom is -0.234 e. The Balaban J connectivity index is 3.01. The molecule has 17 heavy (non-hydrogen) atoms. The minimum atomic E-state index is -1.48. The molecule has 0 aliphatic rings. The van der Waals surface area contributed by atoms with Crippen LogP contribution in [0.2, 0.25) is 0 Å². The van der Waals surface area contributed by atoms with Crippen molar-refractivity contribution in [1.29, 1.82) is 0 Å². The van der Waals surface area contributed by atoms with Crippen molar-refractivity contribution in [3.05, 3.63) is 34.9 Å². The number of hydrogen-bond donors (Lipinski definition) is 0. The normalized spacial score (nSPS) is 14.2. The van der Waals surface area contributed by atoms with Crippen LogP contribution in [-0.4, -0.2) is 15.2 Å². The zero-order valence-corrected chi connectivity index (χ0v) is 11.1. The Bertz CT molecular complexity index is 478. The van der Waals surface area contributed by atoms with Crippen molar-refractivity contribution >= 4 is 17.2 Å². The lowest BCUT2D eigenvalue weighted by molar-refractivity contribution is 0.591. The second kappa shape index (κ2) is 5.04. The fourth-order valence-corrected chi connectivity index (χ4v) is 1.55. The lowest BCUT2D eigenvalue weighted by Gasteiger charge is -2.12. The summed E-state index contributed by atoms with van der Waals surface area (Å²) in [7, 11) is -1.48. The molecule has 1 unspecified atom stereocenters. The van der Waals surface area contributed by atoms with Crippen LogP contribution in [-0.2, 0) is 11.0 Å². The molecule has 0 bridgehead atoms. The van der Waals surface area contributed by atoms with Gasteiger partial charge in [0.15, 0.2) is 0 Å². The van der Waals surface area contributed by atoms with Gasteiger partial charge < -0.3 is 0 Å². The summed E-state index contributed by atoms with van der Waals surface area (Å²) < 4.78 is 41.5. The lowest BCUT2D eigenvalue weighted by Crippen LogP contribution is -2.19. The van der Waals surface area contributed by atoms with Gasteiger partial charge in [-0.1, -0.05) is 0 Å². The van der Waals surface area contributed by atoms with Crippen LogP contribution in [0.3, 0.4) is 0 Å². The van der Waals surface area contributed by atoms with Gasteiger partial charge in [0.25, 0.3) is 0 Å². The number of benzene rings is 1.